The molecule has 0 saturated carbocycles. The highest BCUT2D eigenvalue weighted by Crippen LogP contribution is 2.17. The van der Waals surface area contributed by atoms with Gasteiger partial charge >= 0.3 is 0 Å². The molecule has 102 valence electrons. The lowest BCUT2D eigenvalue weighted by Gasteiger charge is -2.43. The Kier molecular flexibility index (Phi) is 5.90. The van der Waals surface area contributed by atoms with E-state index >= 15 is 0 Å². The summed E-state index contributed by atoms with van der Waals surface area (Å²) in [6.45, 7) is 9.82. The number of ether oxygens (including phenoxy) is 1. The maximum atomic E-state index is 5.46. The Hall–Kier alpha value is 0.360. The Morgan fingerprint density at radius 3 is 1.76 bits per heavy atom. The molecule has 2 saturated heterocycles. The second-order valence-corrected chi connectivity index (χ2v) is 6.25. The molecule has 2 aliphatic rings. The number of quaternary nitrogens is 2. The third kappa shape index (κ3) is 4.51. The maximum Gasteiger partial charge on any atom is 0.128 e. The number of nitrogens with zero attached hydrogens (tertiary/aromatic N) is 2. The van der Waals surface area contributed by atoms with E-state index in [1.54, 1.807) is 0 Å². The van der Waals surface area contributed by atoms with Gasteiger partial charge in [-0.2, -0.15) is 0 Å². The van der Waals surface area contributed by atoms with Gasteiger partial charge in [0.05, 0.1) is 40.4 Å². The van der Waals surface area contributed by atoms with Crippen LogP contribution in [0.1, 0.15) is 19.3 Å². The summed E-state index contributed by atoms with van der Waals surface area (Å²) in [7, 11) is 4.85. The van der Waals surface area contributed by atoms with E-state index < -0.39 is 0 Å². The van der Waals surface area contributed by atoms with Crippen molar-refractivity contribution in [2.75, 3.05) is 66.6 Å². The minimum absolute atomic E-state index is 0. The minimum atomic E-state index is 0. The summed E-state index contributed by atoms with van der Waals surface area (Å²) in [5, 5.41) is 0. The fourth-order valence-corrected chi connectivity index (χ4v) is 2.99. The lowest BCUT2D eigenvalue weighted by atomic mass is 10.1. The smallest absolute Gasteiger partial charge is 0.128 e. The zero-order valence-electron chi connectivity index (χ0n) is 11.5. The van der Waals surface area contributed by atoms with Gasteiger partial charge in [-0.3, -0.25) is 0 Å². The third-order valence-corrected chi connectivity index (χ3v) is 4.63. The Morgan fingerprint density at radius 2 is 1.24 bits per heavy atom. The molecule has 2 heterocycles. The molecule has 0 spiro atoms. The summed E-state index contributed by atoms with van der Waals surface area (Å²) in [5.74, 6) is 0. The first-order chi connectivity index (χ1) is 7.62. The molecule has 0 aromatic carbocycles. The molecule has 0 amide bonds. The quantitative estimate of drug-likeness (QED) is 0.554. The van der Waals surface area contributed by atoms with E-state index in [4.69, 9.17) is 4.74 Å². The Morgan fingerprint density at radius 1 is 0.765 bits per heavy atom. The predicted molar refractivity (Wildman–Crippen MR) is 66.2 cm³/mol. The fourth-order valence-electron chi connectivity index (χ4n) is 2.99. The standard InChI is InChI=1S/C13H28N2O.BrH/c1-14(6-4-3-5-7-14)8-9-15(2)10-12-16-13-11-15;/h3-13H2,1-2H3;1H/q+2;/p-1. The fraction of sp³-hybridized carbons (Fsp3) is 1.00. The van der Waals surface area contributed by atoms with Crippen molar-refractivity contribution in [2.24, 2.45) is 0 Å². The highest BCUT2D eigenvalue weighted by Gasteiger charge is 2.31. The van der Waals surface area contributed by atoms with Crippen molar-refractivity contribution in [3.8, 4) is 0 Å². The number of piperidine rings is 1. The molecule has 4 heteroatoms. The first kappa shape index (κ1) is 15.4. The van der Waals surface area contributed by atoms with Gasteiger partial charge in [0.1, 0.15) is 26.2 Å². The van der Waals surface area contributed by atoms with E-state index in [2.05, 4.69) is 14.1 Å². The number of likely N-dealkylation sites (N-methyl/N-ethyl adjacent to an activating group) is 2. The molecule has 0 N–H and O–H groups in total. The average Bonchev–Trinajstić information content (AvgIpc) is 2.29. The molecule has 17 heavy (non-hydrogen) atoms. The number of hydrogen-bond donors (Lipinski definition) is 0. The van der Waals surface area contributed by atoms with Crippen molar-refractivity contribution in [2.45, 2.75) is 19.3 Å². The first-order valence-corrected chi connectivity index (χ1v) is 6.87. The molecule has 3 nitrogen and oxygen atoms in total. The van der Waals surface area contributed by atoms with Gasteiger partial charge in [0, 0.05) is 0 Å². The lowest BCUT2D eigenvalue weighted by Crippen LogP contribution is -3.00. The molecule has 2 fully saturated rings. The highest BCUT2D eigenvalue weighted by molar-refractivity contribution is 4.53. The minimum Gasteiger partial charge on any atom is -1.00 e. The van der Waals surface area contributed by atoms with Crippen LogP contribution in [0, 0.1) is 0 Å². The summed E-state index contributed by atoms with van der Waals surface area (Å²) in [5.41, 5.74) is 0. The van der Waals surface area contributed by atoms with E-state index in [0.29, 0.717) is 0 Å². The molecule has 2 aliphatic heterocycles. The summed E-state index contributed by atoms with van der Waals surface area (Å²) in [6.07, 6.45) is 4.32. The predicted octanol–water partition coefficient (Wildman–Crippen LogP) is -1.90. The molecule has 0 aromatic heterocycles. The van der Waals surface area contributed by atoms with Crippen LogP contribution in [0.4, 0.5) is 0 Å². The van der Waals surface area contributed by atoms with Crippen LogP contribution in [-0.4, -0.2) is 75.5 Å². The van der Waals surface area contributed by atoms with Gasteiger partial charge in [0.25, 0.3) is 0 Å². The van der Waals surface area contributed by atoms with Gasteiger partial charge in [-0.25, -0.2) is 0 Å². The van der Waals surface area contributed by atoms with Gasteiger partial charge in [-0.1, -0.05) is 0 Å². The monoisotopic (exact) mass is 307 g/mol. The molecular formula is C13H28BrN2O+. The van der Waals surface area contributed by atoms with E-state index in [-0.39, 0.29) is 17.0 Å². The SMILES string of the molecule is C[N+]1(CC[N+]2(C)CCOCC2)CCCCC1.[Br-]. The molecule has 2 rings (SSSR count). The first-order valence-electron chi connectivity index (χ1n) is 6.87. The highest BCUT2D eigenvalue weighted by atomic mass is 79.9. The number of morpholine rings is 1. The Bertz CT molecular complexity index is 199. The summed E-state index contributed by atoms with van der Waals surface area (Å²) >= 11 is 0. The van der Waals surface area contributed by atoms with Gasteiger partial charge in [0.2, 0.25) is 0 Å². The van der Waals surface area contributed by atoms with E-state index in [9.17, 15) is 0 Å². The van der Waals surface area contributed by atoms with Crippen LogP contribution in [0.25, 0.3) is 0 Å². The molecule has 0 atom stereocenters. The van der Waals surface area contributed by atoms with Crippen LogP contribution in [0.5, 0.6) is 0 Å². The van der Waals surface area contributed by atoms with Gasteiger partial charge in [-0.05, 0) is 19.3 Å². The largest absolute Gasteiger partial charge is 1.00 e. The second-order valence-electron chi connectivity index (χ2n) is 6.25. The van der Waals surface area contributed by atoms with Crippen LogP contribution in [0.15, 0.2) is 0 Å². The van der Waals surface area contributed by atoms with Crippen molar-refractivity contribution in [3.63, 3.8) is 0 Å². The van der Waals surface area contributed by atoms with Crippen molar-refractivity contribution < 1.29 is 30.7 Å². The van der Waals surface area contributed by atoms with Crippen LogP contribution in [0.3, 0.4) is 0 Å². The van der Waals surface area contributed by atoms with Crippen molar-refractivity contribution in [1.82, 2.24) is 0 Å². The van der Waals surface area contributed by atoms with Gasteiger partial charge in [-0.15, -0.1) is 0 Å². The van der Waals surface area contributed by atoms with E-state index in [1.165, 1.54) is 67.5 Å². The van der Waals surface area contributed by atoms with Crippen LogP contribution in [0.2, 0.25) is 0 Å². The Balaban J connectivity index is 0.00000144. The van der Waals surface area contributed by atoms with E-state index in [1.807, 2.05) is 0 Å². The topological polar surface area (TPSA) is 9.23 Å². The summed E-state index contributed by atoms with van der Waals surface area (Å²) < 4.78 is 8.01. The Labute approximate surface area is 117 Å². The third-order valence-electron chi connectivity index (χ3n) is 4.63. The molecular weight excluding hydrogens is 280 g/mol. The van der Waals surface area contributed by atoms with Gasteiger partial charge in [0.15, 0.2) is 0 Å². The zero-order valence-corrected chi connectivity index (χ0v) is 13.0. The second kappa shape index (κ2) is 6.50. The number of halogens is 1. The molecule has 0 radical (unpaired) electrons. The summed E-state index contributed by atoms with van der Waals surface area (Å²) in [4.78, 5) is 0. The van der Waals surface area contributed by atoms with E-state index in [0.717, 1.165) is 13.2 Å². The molecule has 0 aliphatic carbocycles. The average molecular weight is 308 g/mol. The van der Waals surface area contributed by atoms with Crippen molar-refractivity contribution in [3.05, 3.63) is 0 Å². The molecule has 0 unspecified atom stereocenters. The normalized spacial score (nSPS) is 27.2. The van der Waals surface area contributed by atoms with Gasteiger partial charge < -0.3 is 30.7 Å². The van der Waals surface area contributed by atoms with Crippen LogP contribution >= 0.6 is 0 Å². The lowest BCUT2D eigenvalue weighted by molar-refractivity contribution is -0.968. The number of hydrogen-bond acceptors (Lipinski definition) is 1. The van der Waals surface area contributed by atoms with Crippen molar-refractivity contribution >= 4 is 0 Å². The van der Waals surface area contributed by atoms with Crippen LogP contribution in [-0.2, 0) is 4.74 Å². The molecule has 0 bridgehead atoms. The van der Waals surface area contributed by atoms with Crippen LogP contribution < -0.4 is 17.0 Å². The number of rotatable bonds is 3. The maximum absolute atomic E-state index is 5.46. The molecule has 0 aromatic rings. The number of likely N-dealkylation sites (tertiary alicyclic amines) is 1. The summed E-state index contributed by atoms with van der Waals surface area (Å²) in [6, 6.07) is 0. The van der Waals surface area contributed by atoms with Crippen molar-refractivity contribution in [1.29, 1.82) is 0 Å². The zero-order chi connectivity index (χ0) is 11.5.